The first-order valence-electron chi connectivity index (χ1n) is 14.7. The molecule has 0 spiro atoms. The molecule has 4 rings (SSSR count). The lowest BCUT2D eigenvalue weighted by atomic mass is 9.67. The molecule has 0 saturated carbocycles. The molecule has 44 heavy (non-hydrogen) atoms. The van der Waals surface area contributed by atoms with Gasteiger partial charge in [-0.25, -0.2) is 9.18 Å². The van der Waals surface area contributed by atoms with Crippen molar-refractivity contribution < 1.29 is 33.0 Å². The average Bonchev–Trinajstić information content (AvgIpc) is 3.00. The van der Waals surface area contributed by atoms with Crippen molar-refractivity contribution in [3.63, 3.8) is 0 Å². The third-order valence-corrected chi connectivity index (χ3v) is 7.92. The average molecular weight is 605 g/mol. The van der Waals surface area contributed by atoms with Gasteiger partial charge in [-0.05, 0) is 69.2 Å². The molecule has 1 fully saturated rings. The summed E-state index contributed by atoms with van der Waals surface area (Å²) in [7, 11) is 3.07. The Bertz CT molecular complexity index is 1430. The molecule has 3 aromatic rings. The lowest BCUT2D eigenvalue weighted by Crippen LogP contribution is -2.52. The van der Waals surface area contributed by atoms with E-state index in [9.17, 15) is 14.4 Å². The van der Waals surface area contributed by atoms with Crippen LogP contribution in [0.3, 0.4) is 0 Å². The van der Waals surface area contributed by atoms with Gasteiger partial charge in [-0.3, -0.25) is 9.59 Å². The van der Waals surface area contributed by atoms with Crippen molar-refractivity contribution >= 4 is 17.7 Å². The first-order valence-corrected chi connectivity index (χ1v) is 14.7. The highest BCUT2D eigenvalue weighted by Crippen LogP contribution is 2.42. The molecule has 9 heteroatoms. The first-order chi connectivity index (χ1) is 20.9. The number of benzene rings is 3. The van der Waals surface area contributed by atoms with E-state index in [4.69, 9.17) is 14.2 Å². The van der Waals surface area contributed by atoms with Crippen LogP contribution in [0.15, 0.2) is 66.7 Å². The first kappa shape index (κ1) is 32.7. The highest BCUT2D eigenvalue weighted by molar-refractivity contribution is 6.02. The topological polar surface area (TPSA) is 94.2 Å². The van der Waals surface area contributed by atoms with Gasteiger partial charge in [0.15, 0.2) is 11.6 Å². The molecule has 0 radical (unpaired) electrons. The molecule has 1 aliphatic rings. The Labute approximate surface area is 258 Å². The summed E-state index contributed by atoms with van der Waals surface area (Å²) in [4.78, 5) is 43.0. The molecule has 0 bridgehead atoms. The van der Waals surface area contributed by atoms with Gasteiger partial charge in [0.25, 0.3) is 0 Å². The number of nitrogens with one attached hydrogen (secondary N) is 1. The molecule has 1 amide bonds. The summed E-state index contributed by atoms with van der Waals surface area (Å²) in [6, 6.07) is 18.6. The number of piperidine rings is 1. The molecule has 1 N–H and O–H groups in total. The SMILES string of the molecule is COc1cccc(C(=O)C2CN(CCNC(=O)OC(C)(C)C)CC(C(=O)c3cccc(OC)c3)C2c2cccc(F)c2C)c1. The van der Waals surface area contributed by atoms with E-state index in [0.717, 1.165) is 0 Å². The van der Waals surface area contributed by atoms with Gasteiger partial charge in [-0.1, -0.05) is 36.4 Å². The lowest BCUT2D eigenvalue weighted by molar-refractivity contribution is 0.0478. The predicted octanol–water partition coefficient (Wildman–Crippen LogP) is 6.07. The summed E-state index contributed by atoms with van der Waals surface area (Å²) in [5.74, 6) is -1.68. The van der Waals surface area contributed by atoms with Crippen LogP contribution in [-0.2, 0) is 4.74 Å². The molecule has 1 heterocycles. The van der Waals surface area contributed by atoms with E-state index in [1.165, 1.54) is 20.3 Å². The molecular weight excluding hydrogens is 563 g/mol. The summed E-state index contributed by atoms with van der Waals surface area (Å²) in [6.45, 7) is 8.27. The van der Waals surface area contributed by atoms with Gasteiger partial charge in [0, 0.05) is 55.1 Å². The number of methoxy groups -OCH3 is 2. The minimum absolute atomic E-state index is 0.175. The van der Waals surface area contributed by atoms with Gasteiger partial charge in [0.05, 0.1) is 14.2 Å². The predicted molar refractivity (Wildman–Crippen MR) is 166 cm³/mol. The number of carbonyl (C=O) groups excluding carboxylic acids is 3. The van der Waals surface area contributed by atoms with Crippen LogP contribution in [0.2, 0.25) is 0 Å². The Morgan fingerprint density at radius 3 is 1.89 bits per heavy atom. The molecule has 2 unspecified atom stereocenters. The number of halogens is 1. The number of likely N-dealkylation sites (tertiary alicyclic amines) is 1. The fourth-order valence-corrected chi connectivity index (χ4v) is 5.84. The van der Waals surface area contributed by atoms with Crippen LogP contribution in [0.1, 0.15) is 58.5 Å². The van der Waals surface area contributed by atoms with Gasteiger partial charge >= 0.3 is 6.09 Å². The second kappa shape index (κ2) is 14.0. The van der Waals surface area contributed by atoms with Gasteiger partial charge in [-0.2, -0.15) is 0 Å². The second-order valence-electron chi connectivity index (χ2n) is 12.1. The summed E-state index contributed by atoms with van der Waals surface area (Å²) >= 11 is 0. The maximum absolute atomic E-state index is 15.0. The van der Waals surface area contributed by atoms with Crippen molar-refractivity contribution in [2.75, 3.05) is 40.4 Å². The number of ether oxygens (including phenoxy) is 3. The molecule has 1 saturated heterocycles. The standard InChI is InChI=1S/C35H41FN2O6/c1-22-27(14-9-15-30(22)36)31-28(32(39)23-10-7-12-25(18-23)42-5)20-38(17-16-37-34(41)44-35(2,3)4)21-29(31)33(40)24-11-8-13-26(19-24)43-6/h7-15,18-19,28-29,31H,16-17,20-21H2,1-6H3,(H,37,41). The highest BCUT2D eigenvalue weighted by atomic mass is 19.1. The number of carbonyl (C=O) groups is 3. The zero-order valence-electron chi connectivity index (χ0n) is 26.2. The fourth-order valence-electron chi connectivity index (χ4n) is 5.84. The number of alkyl carbamates (subject to hydrolysis) is 1. The number of hydrogen-bond acceptors (Lipinski definition) is 7. The van der Waals surface area contributed by atoms with E-state index in [-0.39, 0.29) is 18.1 Å². The molecule has 8 nitrogen and oxygen atoms in total. The normalized spacial score (nSPS) is 18.8. The van der Waals surface area contributed by atoms with Crippen LogP contribution < -0.4 is 14.8 Å². The molecule has 0 aliphatic carbocycles. The van der Waals surface area contributed by atoms with Crippen molar-refractivity contribution in [3.05, 3.63) is 94.8 Å². The molecular formula is C35H41FN2O6. The number of Topliss-reactive ketones (excluding diaryl/α,β-unsaturated/α-hetero) is 2. The Morgan fingerprint density at radius 2 is 1.39 bits per heavy atom. The van der Waals surface area contributed by atoms with Crippen LogP contribution in [0.25, 0.3) is 0 Å². The Balaban J connectivity index is 1.76. The largest absolute Gasteiger partial charge is 0.497 e. The van der Waals surface area contributed by atoms with Crippen molar-refractivity contribution in [2.45, 2.75) is 39.2 Å². The van der Waals surface area contributed by atoms with E-state index in [2.05, 4.69) is 5.32 Å². The highest BCUT2D eigenvalue weighted by Gasteiger charge is 2.45. The molecule has 0 aromatic heterocycles. The zero-order valence-corrected chi connectivity index (χ0v) is 26.2. The van der Waals surface area contributed by atoms with Crippen molar-refractivity contribution in [1.29, 1.82) is 0 Å². The fraction of sp³-hybridized carbons (Fsp3) is 0.400. The van der Waals surface area contributed by atoms with Gasteiger partial charge < -0.3 is 24.4 Å². The van der Waals surface area contributed by atoms with Gasteiger partial charge in [0.2, 0.25) is 0 Å². The summed E-state index contributed by atoms with van der Waals surface area (Å²) < 4.78 is 31.1. The smallest absolute Gasteiger partial charge is 0.407 e. The van der Waals surface area contributed by atoms with Crippen LogP contribution in [0, 0.1) is 24.6 Å². The van der Waals surface area contributed by atoms with E-state index in [1.54, 1.807) is 88.4 Å². The lowest BCUT2D eigenvalue weighted by Gasteiger charge is -2.43. The van der Waals surface area contributed by atoms with Crippen molar-refractivity contribution in [3.8, 4) is 11.5 Å². The van der Waals surface area contributed by atoms with Crippen LogP contribution in [0.5, 0.6) is 11.5 Å². The number of hydrogen-bond donors (Lipinski definition) is 1. The van der Waals surface area contributed by atoms with E-state index < -0.39 is 35.3 Å². The minimum atomic E-state index is -0.697. The van der Waals surface area contributed by atoms with Crippen LogP contribution in [-0.4, -0.2) is 68.6 Å². The Morgan fingerprint density at radius 1 is 0.864 bits per heavy atom. The number of ketones is 2. The van der Waals surface area contributed by atoms with Gasteiger partial charge in [0.1, 0.15) is 22.9 Å². The van der Waals surface area contributed by atoms with E-state index in [0.29, 0.717) is 53.4 Å². The number of nitrogens with zero attached hydrogens (tertiary/aromatic N) is 1. The summed E-state index contributed by atoms with van der Waals surface area (Å²) in [5.41, 5.74) is 1.26. The molecule has 234 valence electrons. The monoisotopic (exact) mass is 604 g/mol. The van der Waals surface area contributed by atoms with Crippen molar-refractivity contribution in [1.82, 2.24) is 10.2 Å². The maximum Gasteiger partial charge on any atom is 0.407 e. The number of amides is 1. The number of rotatable bonds is 10. The minimum Gasteiger partial charge on any atom is -0.497 e. The van der Waals surface area contributed by atoms with Gasteiger partial charge in [-0.15, -0.1) is 0 Å². The van der Waals surface area contributed by atoms with E-state index >= 15 is 4.39 Å². The molecule has 3 aromatic carbocycles. The van der Waals surface area contributed by atoms with E-state index in [1.807, 2.05) is 4.90 Å². The quantitative estimate of drug-likeness (QED) is 0.281. The second-order valence-corrected chi connectivity index (χ2v) is 12.1. The maximum atomic E-state index is 15.0. The Kier molecular flexibility index (Phi) is 10.4. The van der Waals surface area contributed by atoms with Crippen molar-refractivity contribution in [2.24, 2.45) is 11.8 Å². The third kappa shape index (κ3) is 7.82. The summed E-state index contributed by atoms with van der Waals surface area (Å²) in [6.07, 6.45) is -0.546. The Hall–Kier alpha value is -4.24. The van der Waals surface area contributed by atoms with Crippen LogP contribution in [0.4, 0.5) is 9.18 Å². The summed E-state index contributed by atoms with van der Waals surface area (Å²) in [5, 5.41) is 2.77. The zero-order chi connectivity index (χ0) is 32.0. The third-order valence-electron chi connectivity index (χ3n) is 7.92. The molecule has 1 aliphatic heterocycles. The van der Waals surface area contributed by atoms with Crippen LogP contribution >= 0.6 is 0 Å². The molecule has 2 atom stereocenters.